The minimum absolute atomic E-state index is 0. The van der Waals surface area contributed by atoms with Crippen LogP contribution in [-0.4, -0.2) is 52.8 Å². The molecular formula is C3H8NNaO4. The molecule has 0 amide bonds. The van der Waals surface area contributed by atoms with Crippen molar-refractivity contribution in [2.45, 2.75) is 6.42 Å². The molecule has 0 heterocycles. The van der Waals surface area contributed by atoms with Crippen LogP contribution in [0, 0.1) is 10.1 Å². The summed E-state index contributed by atoms with van der Waals surface area (Å²) < 4.78 is 0. The van der Waals surface area contributed by atoms with E-state index in [9.17, 15) is 14.9 Å². The van der Waals surface area contributed by atoms with Crippen molar-refractivity contribution in [3.63, 3.8) is 0 Å². The van der Waals surface area contributed by atoms with Gasteiger partial charge in [-0.05, 0) is 0 Å². The fourth-order valence-electron chi connectivity index (χ4n) is 0.158. The van der Waals surface area contributed by atoms with Gasteiger partial charge in [-0.15, -0.1) is 0 Å². The molecule has 0 fully saturated rings. The Labute approximate surface area is 74.2 Å². The van der Waals surface area contributed by atoms with E-state index in [2.05, 4.69) is 0 Å². The standard InChI is InChI=1S/C3H5NO3.Na.H2O.H/c5-3-1-2-4(6)7;;;/h3H,1-2H2;;1H2;. The SMILES string of the molecule is O.O=CCC[N+](=O)[O-].[NaH]. The van der Waals surface area contributed by atoms with Crippen LogP contribution in [0.1, 0.15) is 6.42 Å². The second-order valence-corrected chi connectivity index (χ2v) is 1.01. The van der Waals surface area contributed by atoms with Crippen molar-refractivity contribution in [2.75, 3.05) is 6.54 Å². The molecule has 0 bridgehead atoms. The molecule has 0 saturated heterocycles. The van der Waals surface area contributed by atoms with E-state index in [1.165, 1.54) is 0 Å². The second kappa shape index (κ2) is 10.9. The van der Waals surface area contributed by atoms with Gasteiger partial charge in [0, 0.05) is 4.92 Å². The van der Waals surface area contributed by atoms with E-state index in [4.69, 9.17) is 0 Å². The van der Waals surface area contributed by atoms with Crippen LogP contribution in [-0.2, 0) is 4.79 Å². The maximum absolute atomic E-state index is 9.40. The molecule has 0 atom stereocenters. The molecule has 9 heavy (non-hydrogen) atoms. The molecule has 0 aromatic heterocycles. The monoisotopic (exact) mass is 145 g/mol. The van der Waals surface area contributed by atoms with Gasteiger partial charge in [-0.3, -0.25) is 10.1 Å². The topological polar surface area (TPSA) is 91.7 Å². The predicted octanol–water partition coefficient (Wildman–Crippen LogP) is -1.62. The number of aldehydes is 1. The van der Waals surface area contributed by atoms with Crippen LogP contribution < -0.4 is 0 Å². The third-order valence-corrected chi connectivity index (χ3v) is 0.430. The van der Waals surface area contributed by atoms with Gasteiger partial charge in [0.25, 0.3) is 0 Å². The molecule has 0 aliphatic carbocycles. The van der Waals surface area contributed by atoms with Gasteiger partial charge in [0.1, 0.15) is 6.29 Å². The van der Waals surface area contributed by atoms with Crippen LogP contribution >= 0.6 is 0 Å². The third-order valence-electron chi connectivity index (χ3n) is 0.430. The number of hydrogen-bond acceptors (Lipinski definition) is 3. The quantitative estimate of drug-likeness (QED) is 0.207. The number of nitro groups is 1. The summed E-state index contributed by atoms with van der Waals surface area (Å²) in [5.74, 6) is 0. The number of hydrogen-bond donors (Lipinski definition) is 0. The Morgan fingerprint density at radius 2 is 2.00 bits per heavy atom. The van der Waals surface area contributed by atoms with E-state index in [1.54, 1.807) is 0 Å². The molecule has 50 valence electrons. The molecule has 0 aliphatic rings. The van der Waals surface area contributed by atoms with Crippen LogP contribution in [0.2, 0.25) is 0 Å². The van der Waals surface area contributed by atoms with Crippen LogP contribution in [0.15, 0.2) is 0 Å². The molecule has 0 unspecified atom stereocenters. The van der Waals surface area contributed by atoms with Gasteiger partial charge in [-0.1, -0.05) is 0 Å². The summed E-state index contributed by atoms with van der Waals surface area (Å²) in [6.07, 6.45) is 0.551. The van der Waals surface area contributed by atoms with Crippen molar-refractivity contribution in [3.05, 3.63) is 10.1 Å². The predicted molar refractivity (Wildman–Crippen MR) is 33.3 cm³/mol. The van der Waals surface area contributed by atoms with Crippen molar-refractivity contribution in [3.8, 4) is 0 Å². The van der Waals surface area contributed by atoms with Crippen LogP contribution in [0.3, 0.4) is 0 Å². The molecule has 6 heteroatoms. The van der Waals surface area contributed by atoms with Gasteiger partial charge in [-0.25, -0.2) is 0 Å². The van der Waals surface area contributed by atoms with Crippen LogP contribution in [0.4, 0.5) is 0 Å². The first-order chi connectivity index (χ1) is 3.27. The third kappa shape index (κ3) is 18.0. The number of carbonyl (C=O) groups is 1. The van der Waals surface area contributed by atoms with Gasteiger partial charge in [0.05, 0.1) is 6.42 Å². The molecule has 2 N–H and O–H groups in total. The molecular weight excluding hydrogens is 137 g/mol. The Kier molecular flexibility index (Phi) is 19.4. The van der Waals surface area contributed by atoms with Crippen molar-refractivity contribution in [2.24, 2.45) is 0 Å². The first-order valence-electron chi connectivity index (χ1n) is 1.83. The van der Waals surface area contributed by atoms with Crippen LogP contribution in [0.25, 0.3) is 0 Å². The van der Waals surface area contributed by atoms with Gasteiger partial charge in [0.2, 0.25) is 6.54 Å². The van der Waals surface area contributed by atoms with Crippen molar-refractivity contribution in [1.82, 2.24) is 0 Å². The maximum atomic E-state index is 9.40. The Balaban J connectivity index is -0.000000180. The van der Waals surface area contributed by atoms with E-state index < -0.39 is 4.92 Å². The van der Waals surface area contributed by atoms with Crippen LogP contribution in [0.5, 0.6) is 0 Å². The number of rotatable bonds is 3. The molecule has 0 aliphatic heterocycles. The van der Waals surface area contributed by atoms with E-state index in [1.807, 2.05) is 0 Å². The molecule has 5 nitrogen and oxygen atoms in total. The molecule has 0 spiro atoms. The Morgan fingerprint density at radius 1 is 1.56 bits per heavy atom. The molecule has 0 rings (SSSR count). The van der Waals surface area contributed by atoms with Gasteiger partial charge in [-0.2, -0.15) is 0 Å². The van der Waals surface area contributed by atoms with Gasteiger partial charge < -0.3 is 10.3 Å². The number of carbonyl (C=O) groups excluding carboxylic acids is 1. The number of nitrogens with zero attached hydrogens (tertiary/aromatic N) is 1. The molecule has 0 aromatic rings. The first kappa shape index (κ1) is 16.0. The summed E-state index contributed by atoms with van der Waals surface area (Å²) in [6, 6.07) is 0. The summed E-state index contributed by atoms with van der Waals surface area (Å²) in [6.45, 7) is -0.247. The normalized spacial score (nSPS) is 6.22. The summed E-state index contributed by atoms with van der Waals surface area (Å²) in [5, 5.41) is 9.40. The van der Waals surface area contributed by atoms with E-state index >= 15 is 0 Å². The Bertz CT molecular complexity index is 85.9. The fourth-order valence-corrected chi connectivity index (χ4v) is 0.158. The Morgan fingerprint density at radius 3 is 2.11 bits per heavy atom. The average molecular weight is 145 g/mol. The van der Waals surface area contributed by atoms with E-state index in [-0.39, 0.29) is 48.0 Å². The zero-order chi connectivity index (χ0) is 5.70. The summed E-state index contributed by atoms with van der Waals surface area (Å²) in [5.41, 5.74) is 0. The van der Waals surface area contributed by atoms with E-state index in [0.717, 1.165) is 0 Å². The average Bonchev–Trinajstić information content (AvgIpc) is 1.61. The fraction of sp³-hybridized carbons (Fsp3) is 0.667. The Hall–Kier alpha value is 0.0300. The zero-order valence-corrected chi connectivity index (χ0v) is 4.16. The summed E-state index contributed by atoms with van der Waals surface area (Å²) in [4.78, 5) is 18.3. The second-order valence-electron chi connectivity index (χ2n) is 1.01. The van der Waals surface area contributed by atoms with Gasteiger partial charge >= 0.3 is 29.6 Å². The molecule has 0 saturated carbocycles. The van der Waals surface area contributed by atoms with E-state index in [0.29, 0.717) is 6.29 Å². The van der Waals surface area contributed by atoms with Crippen molar-refractivity contribution in [1.29, 1.82) is 0 Å². The van der Waals surface area contributed by atoms with Gasteiger partial charge in [0.15, 0.2) is 0 Å². The molecule has 0 radical (unpaired) electrons. The first-order valence-corrected chi connectivity index (χ1v) is 1.83. The zero-order valence-electron chi connectivity index (χ0n) is 4.16. The van der Waals surface area contributed by atoms with Crippen molar-refractivity contribution < 1.29 is 15.2 Å². The molecule has 0 aromatic carbocycles. The van der Waals surface area contributed by atoms with Crippen molar-refractivity contribution >= 4 is 35.8 Å². The summed E-state index contributed by atoms with van der Waals surface area (Å²) >= 11 is 0. The minimum atomic E-state index is -0.519. The summed E-state index contributed by atoms with van der Waals surface area (Å²) in [7, 11) is 0.